The number of methoxy groups -OCH3 is 2. The first-order chi connectivity index (χ1) is 11.7. The highest BCUT2D eigenvalue weighted by Crippen LogP contribution is 2.61. The molecule has 0 bridgehead atoms. The molecule has 2 fully saturated rings. The summed E-state index contributed by atoms with van der Waals surface area (Å²) in [6.07, 6.45) is 9.89. The van der Waals surface area contributed by atoms with E-state index in [0.29, 0.717) is 11.3 Å². The number of likely N-dealkylation sites (tertiary alicyclic amines) is 1. The molecule has 1 aromatic rings. The van der Waals surface area contributed by atoms with Crippen molar-refractivity contribution in [3.05, 3.63) is 23.8 Å². The summed E-state index contributed by atoms with van der Waals surface area (Å²) in [5.74, 6) is 1.58. The molecule has 2 aliphatic rings. The molecule has 4 nitrogen and oxygen atoms in total. The van der Waals surface area contributed by atoms with Gasteiger partial charge in [-0.25, -0.2) is 10.0 Å². The second-order valence-corrected chi connectivity index (χ2v) is 12.8. The van der Waals surface area contributed by atoms with Crippen LogP contribution in [-0.4, -0.2) is 74.0 Å². The first-order valence-electron chi connectivity index (χ1n) is 9.02. The number of hydrogen-bond donors (Lipinski definition) is 1. The fraction of sp³-hybridized carbons (Fsp3) is 0.700. The van der Waals surface area contributed by atoms with Gasteiger partial charge in [0.05, 0.1) is 20.3 Å². The first-order valence-corrected chi connectivity index (χ1v) is 11.9. The molecular weight excluding hydrogens is 334 g/mol. The van der Waals surface area contributed by atoms with Crippen LogP contribution in [0.5, 0.6) is 11.5 Å². The Morgan fingerprint density at radius 1 is 1.12 bits per heavy atom. The van der Waals surface area contributed by atoms with E-state index in [1.165, 1.54) is 5.56 Å². The Balaban J connectivity index is 2.16. The second-order valence-electron chi connectivity index (χ2n) is 8.40. The number of ether oxygens (including phenoxy) is 2. The Kier molecular flexibility index (Phi) is 5.04. The number of benzene rings is 1. The smallest absolute Gasteiger partial charge is 0.161 e. The highest BCUT2D eigenvalue weighted by atomic mass is 32.3. The lowest BCUT2D eigenvalue weighted by Crippen LogP contribution is -2.56. The van der Waals surface area contributed by atoms with Gasteiger partial charge in [-0.1, -0.05) is 6.07 Å². The summed E-state index contributed by atoms with van der Waals surface area (Å²) in [5.41, 5.74) is 1.43. The second kappa shape index (κ2) is 6.67. The van der Waals surface area contributed by atoms with Crippen LogP contribution in [-0.2, 0) is 5.41 Å². The summed E-state index contributed by atoms with van der Waals surface area (Å²) >= 11 is 0. The van der Waals surface area contributed by atoms with Crippen molar-refractivity contribution >= 4 is 10.0 Å². The third-order valence-electron chi connectivity index (χ3n) is 6.34. The minimum absolute atomic E-state index is 0.0844. The van der Waals surface area contributed by atoms with E-state index in [0.717, 1.165) is 37.3 Å². The van der Waals surface area contributed by atoms with E-state index >= 15 is 0 Å². The fourth-order valence-corrected chi connectivity index (χ4v) is 7.69. The standard InChI is InChI=1S/C20H33NO3S/c1-21-10-9-20(14-7-8-16(23-2)17(11-14)24-3)18(21)12-15(22)13-19(20)25(4,5)6/h7-8,11,15,18-19,22H,9-10,12-13H2,1-6H3/t15-,18+,19+,20-/m1/s1. The van der Waals surface area contributed by atoms with Gasteiger partial charge in [0.1, 0.15) is 0 Å². The van der Waals surface area contributed by atoms with Crippen LogP contribution in [0.4, 0.5) is 0 Å². The van der Waals surface area contributed by atoms with Crippen LogP contribution in [0.3, 0.4) is 0 Å². The molecule has 0 radical (unpaired) electrons. The lowest BCUT2D eigenvalue weighted by Gasteiger charge is -2.55. The van der Waals surface area contributed by atoms with E-state index in [2.05, 4.69) is 42.8 Å². The van der Waals surface area contributed by atoms with Gasteiger partial charge >= 0.3 is 0 Å². The molecular formula is C20H33NO3S. The lowest BCUT2D eigenvalue weighted by atomic mass is 9.65. The summed E-state index contributed by atoms with van der Waals surface area (Å²) in [5, 5.41) is 11.1. The van der Waals surface area contributed by atoms with Crippen LogP contribution < -0.4 is 9.47 Å². The molecule has 1 saturated carbocycles. The third kappa shape index (κ3) is 3.04. The van der Waals surface area contributed by atoms with Crippen molar-refractivity contribution in [1.29, 1.82) is 0 Å². The van der Waals surface area contributed by atoms with Crippen LogP contribution in [0.25, 0.3) is 0 Å². The minimum atomic E-state index is -0.837. The molecule has 3 rings (SSSR count). The first kappa shape index (κ1) is 18.9. The van der Waals surface area contributed by atoms with Gasteiger partial charge in [0, 0.05) is 16.7 Å². The fourth-order valence-electron chi connectivity index (χ4n) is 5.22. The predicted molar refractivity (Wildman–Crippen MR) is 107 cm³/mol. The van der Waals surface area contributed by atoms with Gasteiger partial charge in [0.2, 0.25) is 0 Å². The number of hydrogen-bond acceptors (Lipinski definition) is 4. The Morgan fingerprint density at radius 3 is 2.40 bits per heavy atom. The summed E-state index contributed by atoms with van der Waals surface area (Å²) in [7, 11) is 4.76. The van der Waals surface area contributed by atoms with E-state index in [1.807, 2.05) is 6.07 Å². The van der Waals surface area contributed by atoms with Crippen molar-refractivity contribution in [1.82, 2.24) is 4.90 Å². The Morgan fingerprint density at radius 2 is 1.80 bits per heavy atom. The molecule has 0 amide bonds. The molecule has 1 N–H and O–H groups in total. The van der Waals surface area contributed by atoms with Crippen molar-refractivity contribution in [3.63, 3.8) is 0 Å². The monoisotopic (exact) mass is 367 g/mol. The van der Waals surface area contributed by atoms with Crippen molar-refractivity contribution in [2.45, 2.75) is 42.1 Å². The molecule has 0 aromatic heterocycles. The summed E-state index contributed by atoms with van der Waals surface area (Å²) < 4.78 is 11.1. The van der Waals surface area contributed by atoms with Gasteiger partial charge in [-0.3, -0.25) is 0 Å². The number of aliphatic hydroxyl groups is 1. The normalized spacial score (nSPS) is 33.8. The number of likely N-dealkylation sites (N-methyl/N-ethyl adjacent to an activating group) is 1. The largest absolute Gasteiger partial charge is 0.493 e. The maximum absolute atomic E-state index is 10.6. The van der Waals surface area contributed by atoms with Crippen LogP contribution >= 0.6 is 10.0 Å². The average molecular weight is 368 g/mol. The maximum Gasteiger partial charge on any atom is 0.161 e. The van der Waals surface area contributed by atoms with E-state index in [1.54, 1.807) is 14.2 Å². The quantitative estimate of drug-likeness (QED) is 0.889. The van der Waals surface area contributed by atoms with Gasteiger partial charge in [0.15, 0.2) is 11.5 Å². The van der Waals surface area contributed by atoms with Crippen molar-refractivity contribution < 1.29 is 14.6 Å². The summed E-state index contributed by atoms with van der Waals surface area (Å²) in [6, 6.07) is 6.83. The van der Waals surface area contributed by atoms with Crippen LogP contribution in [0, 0.1) is 0 Å². The molecule has 4 atom stereocenters. The van der Waals surface area contributed by atoms with Crippen LogP contribution in [0.2, 0.25) is 0 Å². The molecule has 1 saturated heterocycles. The topological polar surface area (TPSA) is 41.9 Å². The van der Waals surface area contributed by atoms with E-state index < -0.39 is 10.0 Å². The molecule has 0 unspecified atom stereocenters. The molecule has 1 heterocycles. The van der Waals surface area contributed by atoms with Gasteiger partial charge in [-0.05, 0) is 69.3 Å². The predicted octanol–water partition coefficient (Wildman–Crippen LogP) is 2.86. The van der Waals surface area contributed by atoms with E-state index in [4.69, 9.17) is 9.47 Å². The van der Waals surface area contributed by atoms with Crippen molar-refractivity contribution in [3.8, 4) is 11.5 Å². The Hall–Kier alpha value is -0.910. The molecule has 5 heteroatoms. The molecule has 1 aliphatic carbocycles. The van der Waals surface area contributed by atoms with Crippen LogP contribution in [0.1, 0.15) is 24.8 Å². The molecule has 25 heavy (non-hydrogen) atoms. The number of nitrogens with zero attached hydrogens (tertiary/aromatic N) is 1. The SMILES string of the molecule is COc1ccc([C@]23CCN(C)[C@H]2C[C@@H](O)C[C@@H]3S(C)(C)C)cc1OC. The molecule has 142 valence electrons. The van der Waals surface area contributed by atoms with Gasteiger partial charge in [0.25, 0.3) is 0 Å². The zero-order valence-electron chi connectivity index (χ0n) is 16.4. The van der Waals surface area contributed by atoms with Crippen molar-refractivity contribution in [2.24, 2.45) is 0 Å². The van der Waals surface area contributed by atoms with Crippen LogP contribution in [0.15, 0.2) is 18.2 Å². The molecule has 1 aliphatic heterocycles. The van der Waals surface area contributed by atoms with E-state index in [-0.39, 0.29) is 11.5 Å². The van der Waals surface area contributed by atoms with Gasteiger partial charge in [-0.2, -0.15) is 0 Å². The van der Waals surface area contributed by atoms with Gasteiger partial charge in [-0.15, -0.1) is 0 Å². The summed E-state index contributed by atoms with van der Waals surface area (Å²) in [4.78, 5) is 2.46. The number of fused-ring (bicyclic) bond motifs is 1. The summed E-state index contributed by atoms with van der Waals surface area (Å²) in [6.45, 7) is 1.08. The van der Waals surface area contributed by atoms with E-state index in [9.17, 15) is 5.11 Å². The average Bonchev–Trinajstić information content (AvgIpc) is 2.90. The number of aliphatic hydroxyl groups excluding tert-OH is 1. The minimum Gasteiger partial charge on any atom is -0.493 e. The molecule has 1 aromatic carbocycles. The third-order valence-corrected chi connectivity index (χ3v) is 8.66. The Bertz CT molecular complexity index is 630. The highest BCUT2D eigenvalue weighted by Gasteiger charge is 2.57. The maximum atomic E-state index is 10.6. The number of rotatable bonds is 4. The van der Waals surface area contributed by atoms with Gasteiger partial charge < -0.3 is 19.5 Å². The Labute approximate surface area is 153 Å². The van der Waals surface area contributed by atoms with Crippen molar-refractivity contribution in [2.75, 3.05) is 46.6 Å². The zero-order chi connectivity index (χ0) is 18.4. The molecule has 0 spiro atoms. The highest BCUT2D eigenvalue weighted by molar-refractivity contribution is 8.32. The lowest BCUT2D eigenvalue weighted by molar-refractivity contribution is 0.0603. The zero-order valence-corrected chi connectivity index (χ0v) is 17.2.